The van der Waals surface area contributed by atoms with Crippen molar-refractivity contribution in [1.29, 1.82) is 5.26 Å². The molecular weight excluding hydrogens is 316 g/mol. The Morgan fingerprint density at radius 3 is 2.44 bits per heavy atom. The standard InChI is InChI=1S/C19H18N4O2/c1-24-16-7-13-15(8-17(16)25-2)23-19(22)14(10-21)18(13)12-6-4-3-5-11(12)9-20/h3-8H,9,20H2,1-2H3,(H2,22,23). The molecule has 0 saturated carbocycles. The van der Waals surface area contributed by atoms with Crippen molar-refractivity contribution in [3.8, 4) is 28.7 Å². The van der Waals surface area contributed by atoms with Gasteiger partial charge in [-0.25, -0.2) is 4.98 Å². The predicted octanol–water partition coefficient (Wildman–Crippen LogP) is 2.83. The number of nitrogen functional groups attached to an aromatic ring is 1. The summed E-state index contributed by atoms with van der Waals surface area (Å²) in [5, 5.41) is 10.4. The highest BCUT2D eigenvalue weighted by Crippen LogP contribution is 2.40. The Morgan fingerprint density at radius 2 is 1.80 bits per heavy atom. The van der Waals surface area contributed by atoms with E-state index in [-0.39, 0.29) is 5.82 Å². The second-order valence-corrected chi connectivity index (χ2v) is 5.44. The first-order valence-corrected chi connectivity index (χ1v) is 7.68. The summed E-state index contributed by atoms with van der Waals surface area (Å²) < 4.78 is 10.7. The summed E-state index contributed by atoms with van der Waals surface area (Å²) in [6.45, 7) is 0.345. The molecule has 0 unspecified atom stereocenters. The lowest BCUT2D eigenvalue weighted by Crippen LogP contribution is -2.04. The number of pyridine rings is 1. The number of nitriles is 1. The lowest BCUT2D eigenvalue weighted by Gasteiger charge is -2.16. The number of rotatable bonds is 4. The first-order chi connectivity index (χ1) is 12.1. The van der Waals surface area contributed by atoms with Gasteiger partial charge in [0, 0.05) is 23.6 Å². The molecule has 0 spiro atoms. The molecule has 4 N–H and O–H groups in total. The van der Waals surface area contributed by atoms with Crippen LogP contribution in [-0.4, -0.2) is 19.2 Å². The fourth-order valence-electron chi connectivity index (χ4n) is 2.94. The van der Waals surface area contributed by atoms with Crippen LogP contribution in [0.4, 0.5) is 5.82 Å². The van der Waals surface area contributed by atoms with Crippen LogP contribution in [0.15, 0.2) is 36.4 Å². The molecule has 0 aliphatic rings. The second kappa shape index (κ2) is 6.67. The van der Waals surface area contributed by atoms with E-state index in [1.54, 1.807) is 20.3 Å². The van der Waals surface area contributed by atoms with Gasteiger partial charge in [0.15, 0.2) is 11.5 Å². The number of ether oxygens (including phenoxy) is 2. The fourth-order valence-corrected chi connectivity index (χ4v) is 2.94. The molecule has 1 heterocycles. The van der Waals surface area contributed by atoms with Gasteiger partial charge in [0.05, 0.1) is 19.7 Å². The molecule has 0 aliphatic carbocycles. The average Bonchev–Trinajstić information content (AvgIpc) is 2.65. The molecule has 0 fully saturated rings. The maximum Gasteiger partial charge on any atom is 0.162 e. The normalized spacial score (nSPS) is 10.5. The van der Waals surface area contributed by atoms with Crippen LogP contribution in [0.1, 0.15) is 11.1 Å². The molecule has 3 aromatic rings. The van der Waals surface area contributed by atoms with E-state index in [1.165, 1.54) is 0 Å². The maximum absolute atomic E-state index is 9.65. The molecule has 1 aromatic heterocycles. The number of aromatic nitrogens is 1. The summed E-state index contributed by atoms with van der Waals surface area (Å²) in [6.07, 6.45) is 0. The summed E-state index contributed by atoms with van der Waals surface area (Å²) in [4.78, 5) is 4.36. The van der Waals surface area contributed by atoms with Gasteiger partial charge < -0.3 is 20.9 Å². The Morgan fingerprint density at radius 1 is 1.12 bits per heavy atom. The summed E-state index contributed by atoms with van der Waals surface area (Å²) in [6, 6.07) is 13.4. The minimum atomic E-state index is 0.170. The number of nitrogens with zero attached hydrogens (tertiary/aromatic N) is 2. The van der Waals surface area contributed by atoms with E-state index in [2.05, 4.69) is 11.1 Å². The molecule has 126 valence electrons. The van der Waals surface area contributed by atoms with E-state index in [1.807, 2.05) is 30.3 Å². The third-order valence-electron chi connectivity index (χ3n) is 4.14. The van der Waals surface area contributed by atoms with Crippen LogP contribution in [0.5, 0.6) is 11.5 Å². The number of fused-ring (bicyclic) bond motifs is 1. The zero-order valence-corrected chi connectivity index (χ0v) is 14.0. The molecular formula is C19H18N4O2. The molecule has 3 rings (SSSR count). The highest BCUT2D eigenvalue weighted by molar-refractivity contribution is 6.01. The van der Waals surface area contributed by atoms with Crippen LogP contribution < -0.4 is 20.9 Å². The van der Waals surface area contributed by atoms with Gasteiger partial charge in [-0.2, -0.15) is 5.26 Å². The van der Waals surface area contributed by atoms with Gasteiger partial charge in [-0.3, -0.25) is 0 Å². The van der Waals surface area contributed by atoms with Gasteiger partial charge in [-0.1, -0.05) is 24.3 Å². The lowest BCUT2D eigenvalue weighted by atomic mass is 9.92. The van der Waals surface area contributed by atoms with Crippen LogP contribution >= 0.6 is 0 Å². The molecule has 2 aromatic carbocycles. The molecule has 0 atom stereocenters. The maximum atomic E-state index is 9.65. The quantitative estimate of drug-likeness (QED) is 0.759. The van der Waals surface area contributed by atoms with Gasteiger partial charge >= 0.3 is 0 Å². The van der Waals surface area contributed by atoms with Gasteiger partial charge in [-0.05, 0) is 17.2 Å². The van der Waals surface area contributed by atoms with E-state index in [9.17, 15) is 5.26 Å². The average molecular weight is 334 g/mol. The number of methoxy groups -OCH3 is 2. The fraction of sp³-hybridized carbons (Fsp3) is 0.158. The van der Waals surface area contributed by atoms with E-state index in [0.29, 0.717) is 34.7 Å². The van der Waals surface area contributed by atoms with Crippen molar-refractivity contribution in [1.82, 2.24) is 4.98 Å². The topological polar surface area (TPSA) is 107 Å². The third kappa shape index (κ3) is 2.71. The minimum Gasteiger partial charge on any atom is -0.493 e. The van der Waals surface area contributed by atoms with Gasteiger partial charge in [0.2, 0.25) is 0 Å². The Labute approximate surface area is 145 Å². The van der Waals surface area contributed by atoms with Gasteiger partial charge in [0.1, 0.15) is 17.5 Å². The van der Waals surface area contributed by atoms with Crippen LogP contribution in [0.3, 0.4) is 0 Å². The van der Waals surface area contributed by atoms with Crippen LogP contribution in [0, 0.1) is 11.3 Å². The van der Waals surface area contributed by atoms with Crippen molar-refractivity contribution < 1.29 is 9.47 Å². The Hall–Kier alpha value is -3.30. The molecule has 0 saturated heterocycles. The summed E-state index contributed by atoms with van der Waals surface area (Å²) in [7, 11) is 3.12. The molecule has 0 aliphatic heterocycles. The van der Waals surface area contributed by atoms with Crippen molar-refractivity contribution in [3.63, 3.8) is 0 Å². The Balaban J connectivity index is 2.49. The predicted molar refractivity (Wildman–Crippen MR) is 97.3 cm³/mol. The van der Waals surface area contributed by atoms with Crippen molar-refractivity contribution in [2.45, 2.75) is 6.54 Å². The van der Waals surface area contributed by atoms with Gasteiger partial charge in [0.25, 0.3) is 0 Å². The monoisotopic (exact) mass is 334 g/mol. The van der Waals surface area contributed by atoms with E-state index in [4.69, 9.17) is 20.9 Å². The van der Waals surface area contributed by atoms with Crippen molar-refractivity contribution >= 4 is 16.7 Å². The first kappa shape index (κ1) is 16.6. The Bertz CT molecular complexity index is 993. The third-order valence-corrected chi connectivity index (χ3v) is 4.14. The summed E-state index contributed by atoms with van der Waals surface area (Å²) in [5.74, 6) is 1.27. The highest BCUT2D eigenvalue weighted by atomic mass is 16.5. The van der Waals surface area contributed by atoms with Crippen LogP contribution in [0.2, 0.25) is 0 Å². The number of hydrogen-bond acceptors (Lipinski definition) is 6. The minimum absolute atomic E-state index is 0.170. The van der Waals surface area contributed by atoms with E-state index in [0.717, 1.165) is 16.5 Å². The highest BCUT2D eigenvalue weighted by Gasteiger charge is 2.19. The summed E-state index contributed by atoms with van der Waals surface area (Å²) >= 11 is 0. The van der Waals surface area contributed by atoms with E-state index < -0.39 is 0 Å². The van der Waals surface area contributed by atoms with E-state index >= 15 is 0 Å². The lowest BCUT2D eigenvalue weighted by molar-refractivity contribution is 0.356. The molecule has 0 radical (unpaired) electrons. The molecule has 25 heavy (non-hydrogen) atoms. The zero-order valence-electron chi connectivity index (χ0n) is 14.0. The smallest absolute Gasteiger partial charge is 0.162 e. The molecule has 6 heteroatoms. The molecule has 0 amide bonds. The van der Waals surface area contributed by atoms with Gasteiger partial charge in [-0.15, -0.1) is 0 Å². The second-order valence-electron chi connectivity index (χ2n) is 5.44. The Kier molecular flexibility index (Phi) is 4.42. The SMILES string of the molecule is COc1cc2nc(N)c(C#N)c(-c3ccccc3CN)c2cc1OC. The number of hydrogen-bond donors (Lipinski definition) is 2. The van der Waals surface area contributed by atoms with Crippen LogP contribution in [-0.2, 0) is 6.54 Å². The summed E-state index contributed by atoms with van der Waals surface area (Å²) in [5.41, 5.74) is 15.4. The van der Waals surface area contributed by atoms with Crippen LogP contribution in [0.25, 0.3) is 22.0 Å². The molecule has 0 bridgehead atoms. The van der Waals surface area contributed by atoms with Crippen molar-refractivity contribution in [2.24, 2.45) is 5.73 Å². The van der Waals surface area contributed by atoms with Crippen molar-refractivity contribution in [3.05, 3.63) is 47.5 Å². The van der Waals surface area contributed by atoms with Crippen molar-refractivity contribution in [2.75, 3.05) is 20.0 Å². The number of benzene rings is 2. The molecule has 6 nitrogen and oxygen atoms in total. The number of nitrogens with two attached hydrogens (primary N) is 2. The zero-order chi connectivity index (χ0) is 18.0. The number of anilines is 1. The largest absolute Gasteiger partial charge is 0.493 e. The first-order valence-electron chi connectivity index (χ1n) is 7.68.